The van der Waals surface area contributed by atoms with Gasteiger partial charge in [0.25, 0.3) is 11.7 Å². The van der Waals surface area contributed by atoms with Gasteiger partial charge in [0.2, 0.25) is 11.7 Å². The first-order chi connectivity index (χ1) is 13.6. The van der Waals surface area contributed by atoms with Crippen molar-refractivity contribution in [3.63, 3.8) is 0 Å². The fourth-order valence-corrected chi connectivity index (χ4v) is 3.86. The molecule has 5 rings (SSSR count). The molecule has 1 saturated heterocycles. The molecular weight excluding hydrogens is 358 g/mol. The Bertz CT molecular complexity index is 1100. The SMILES string of the molecule is Cc1ccn2c(C(=O)N3CCC4(CC3)Nc3ccccc3NC4=O)nnc2n1. The van der Waals surface area contributed by atoms with E-state index in [9.17, 15) is 9.59 Å². The number of anilines is 2. The van der Waals surface area contributed by atoms with E-state index in [0.717, 1.165) is 17.1 Å². The maximum Gasteiger partial charge on any atom is 0.292 e. The van der Waals surface area contributed by atoms with Crippen molar-refractivity contribution >= 4 is 29.0 Å². The maximum atomic E-state index is 13.0. The molecule has 28 heavy (non-hydrogen) atoms. The fraction of sp³-hybridized carbons (Fsp3) is 0.316. The van der Waals surface area contributed by atoms with Crippen molar-refractivity contribution in [2.24, 2.45) is 0 Å². The van der Waals surface area contributed by atoms with E-state index >= 15 is 0 Å². The normalized spacial score (nSPS) is 17.9. The molecule has 2 aromatic heterocycles. The smallest absolute Gasteiger partial charge is 0.292 e. The van der Waals surface area contributed by atoms with Gasteiger partial charge in [0.15, 0.2) is 0 Å². The molecule has 9 heteroatoms. The summed E-state index contributed by atoms with van der Waals surface area (Å²) in [5.41, 5.74) is 1.81. The number of carbonyl (C=O) groups is 2. The molecule has 0 unspecified atom stereocenters. The number of para-hydroxylation sites is 2. The van der Waals surface area contributed by atoms with Gasteiger partial charge >= 0.3 is 0 Å². The van der Waals surface area contributed by atoms with Crippen molar-refractivity contribution in [1.29, 1.82) is 0 Å². The Kier molecular flexibility index (Phi) is 3.58. The van der Waals surface area contributed by atoms with Gasteiger partial charge in [-0.25, -0.2) is 4.98 Å². The number of rotatable bonds is 1. The van der Waals surface area contributed by atoms with Crippen LogP contribution in [0.3, 0.4) is 0 Å². The Labute approximate surface area is 160 Å². The predicted octanol–water partition coefficient (Wildman–Crippen LogP) is 1.47. The molecule has 1 aromatic carbocycles. The van der Waals surface area contributed by atoms with Crippen molar-refractivity contribution < 1.29 is 9.59 Å². The van der Waals surface area contributed by atoms with E-state index in [1.807, 2.05) is 37.3 Å². The average Bonchev–Trinajstić information content (AvgIpc) is 3.12. The molecular formula is C19H19N7O2. The van der Waals surface area contributed by atoms with Crippen LogP contribution in [0, 0.1) is 6.92 Å². The van der Waals surface area contributed by atoms with Gasteiger partial charge in [0, 0.05) is 25.0 Å². The van der Waals surface area contributed by atoms with E-state index in [1.165, 1.54) is 0 Å². The summed E-state index contributed by atoms with van der Waals surface area (Å²) in [4.78, 5) is 31.7. The summed E-state index contributed by atoms with van der Waals surface area (Å²) in [6.45, 7) is 2.77. The third-order valence-electron chi connectivity index (χ3n) is 5.50. The summed E-state index contributed by atoms with van der Waals surface area (Å²) in [6, 6.07) is 9.45. The van der Waals surface area contributed by atoms with Crippen molar-refractivity contribution in [3.8, 4) is 0 Å². The Morgan fingerprint density at radius 3 is 2.64 bits per heavy atom. The minimum atomic E-state index is -0.698. The average molecular weight is 377 g/mol. The van der Waals surface area contributed by atoms with E-state index in [2.05, 4.69) is 25.8 Å². The number of nitrogens with zero attached hydrogens (tertiary/aromatic N) is 5. The van der Waals surface area contributed by atoms with Gasteiger partial charge in [0.1, 0.15) is 5.54 Å². The molecule has 3 aromatic rings. The van der Waals surface area contributed by atoms with Gasteiger partial charge in [-0.2, -0.15) is 0 Å². The largest absolute Gasteiger partial charge is 0.369 e. The Hall–Kier alpha value is -3.49. The lowest BCUT2D eigenvalue weighted by molar-refractivity contribution is -0.122. The number of piperidine rings is 1. The van der Waals surface area contributed by atoms with Gasteiger partial charge in [-0.15, -0.1) is 10.2 Å². The van der Waals surface area contributed by atoms with Crippen molar-refractivity contribution in [3.05, 3.63) is 48.0 Å². The molecule has 2 aliphatic heterocycles. The monoisotopic (exact) mass is 377 g/mol. The van der Waals surface area contributed by atoms with E-state index in [4.69, 9.17) is 0 Å². The number of aromatic nitrogens is 4. The lowest BCUT2D eigenvalue weighted by Crippen LogP contribution is -2.59. The van der Waals surface area contributed by atoms with Crippen molar-refractivity contribution in [2.75, 3.05) is 23.7 Å². The number of amides is 2. The van der Waals surface area contributed by atoms with Crippen LogP contribution in [0.4, 0.5) is 11.4 Å². The standard InChI is InChI=1S/C19H19N7O2/c1-12-6-9-26-15(23-24-18(26)20-12)16(27)25-10-7-19(8-11-25)17(28)21-13-4-2-3-5-14(13)22-19/h2-6,9,22H,7-8,10-11H2,1H3,(H,21,28). The summed E-state index contributed by atoms with van der Waals surface area (Å²) < 4.78 is 1.60. The highest BCUT2D eigenvalue weighted by atomic mass is 16.2. The summed E-state index contributed by atoms with van der Waals surface area (Å²) in [5.74, 6) is 0.391. The highest BCUT2D eigenvalue weighted by Gasteiger charge is 2.45. The van der Waals surface area contributed by atoms with Gasteiger partial charge in [0.05, 0.1) is 11.4 Å². The predicted molar refractivity (Wildman–Crippen MR) is 102 cm³/mol. The number of hydrogen-bond acceptors (Lipinski definition) is 6. The molecule has 2 amide bonds. The summed E-state index contributed by atoms with van der Waals surface area (Å²) in [5, 5.41) is 14.4. The van der Waals surface area contributed by atoms with Gasteiger partial charge < -0.3 is 15.5 Å². The number of nitrogens with one attached hydrogen (secondary N) is 2. The van der Waals surface area contributed by atoms with Crippen LogP contribution in [0.2, 0.25) is 0 Å². The number of fused-ring (bicyclic) bond motifs is 2. The van der Waals surface area contributed by atoms with Crippen LogP contribution < -0.4 is 10.6 Å². The second kappa shape index (κ2) is 6.01. The molecule has 0 radical (unpaired) electrons. The number of benzene rings is 1. The Morgan fingerprint density at radius 2 is 1.86 bits per heavy atom. The second-order valence-corrected chi connectivity index (χ2v) is 7.26. The summed E-state index contributed by atoms with van der Waals surface area (Å²) in [6.07, 6.45) is 2.80. The molecule has 0 bridgehead atoms. The van der Waals surface area contributed by atoms with Gasteiger partial charge in [-0.05, 0) is 38.0 Å². The zero-order valence-electron chi connectivity index (χ0n) is 15.3. The molecule has 0 saturated carbocycles. The maximum absolute atomic E-state index is 13.0. The van der Waals surface area contributed by atoms with E-state index in [1.54, 1.807) is 15.5 Å². The quantitative estimate of drug-likeness (QED) is 0.665. The molecule has 4 heterocycles. The molecule has 2 N–H and O–H groups in total. The molecule has 1 fully saturated rings. The molecule has 0 atom stereocenters. The zero-order valence-corrected chi connectivity index (χ0v) is 15.3. The van der Waals surface area contributed by atoms with Gasteiger partial charge in [-0.1, -0.05) is 12.1 Å². The summed E-state index contributed by atoms with van der Waals surface area (Å²) >= 11 is 0. The Balaban J connectivity index is 1.36. The number of aryl methyl sites for hydroxylation is 1. The second-order valence-electron chi connectivity index (χ2n) is 7.26. The molecule has 0 aliphatic carbocycles. The highest BCUT2D eigenvalue weighted by molar-refractivity contribution is 6.06. The lowest BCUT2D eigenvalue weighted by atomic mass is 9.84. The van der Waals surface area contributed by atoms with Crippen LogP contribution in [-0.2, 0) is 4.79 Å². The van der Waals surface area contributed by atoms with Crippen LogP contribution in [0.25, 0.3) is 5.78 Å². The topological polar surface area (TPSA) is 105 Å². The molecule has 9 nitrogen and oxygen atoms in total. The highest BCUT2D eigenvalue weighted by Crippen LogP contribution is 2.36. The van der Waals surface area contributed by atoms with E-state index in [-0.39, 0.29) is 17.6 Å². The third kappa shape index (κ3) is 2.50. The Morgan fingerprint density at radius 1 is 1.11 bits per heavy atom. The third-order valence-corrected chi connectivity index (χ3v) is 5.50. The minimum Gasteiger partial charge on any atom is -0.369 e. The van der Waals surface area contributed by atoms with Crippen molar-refractivity contribution in [1.82, 2.24) is 24.5 Å². The van der Waals surface area contributed by atoms with Crippen LogP contribution >= 0.6 is 0 Å². The molecule has 1 spiro atoms. The summed E-state index contributed by atoms with van der Waals surface area (Å²) in [7, 11) is 0. The lowest BCUT2D eigenvalue weighted by Gasteiger charge is -2.44. The van der Waals surface area contributed by atoms with Crippen LogP contribution in [0.1, 0.15) is 29.2 Å². The molecule has 2 aliphatic rings. The van der Waals surface area contributed by atoms with E-state index < -0.39 is 5.54 Å². The first-order valence-electron chi connectivity index (χ1n) is 9.22. The number of carbonyl (C=O) groups excluding carboxylic acids is 2. The zero-order chi connectivity index (χ0) is 19.3. The minimum absolute atomic E-state index is 0.0501. The van der Waals surface area contributed by atoms with Crippen LogP contribution in [0.5, 0.6) is 0 Å². The van der Waals surface area contributed by atoms with Crippen molar-refractivity contribution in [2.45, 2.75) is 25.3 Å². The number of likely N-dealkylation sites (tertiary alicyclic amines) is 1. The van der Waals surface area contributed by atoms with E-state index in [0.29, 0.717) is 31.7 Å². The first kappa shape index (κ1) is 16.7. The molecule has 142 valence electrons. The first-order valence-corrected chi connectivity index (χ1v) is 9.22. The fourth-order valence-electron chi connectivity index (χ4n) is 3.86. The van der Waals surface area contributed by atoms with Crippen LogP contribution in [-0.4, -0.2) is 54.9 Å². The van der Waals surface area contributed by atoms with Crippen LogP contribution in [0.15, 0.2) is 36.5 Å². The number of hydrogen-bond donors (Lipinski definition) is 2. The van der Waals surface area contributed by atoms with Gasteiger partial charge in [-0.3, -0.25) is 14.0 Å².